The molecule has 0 saturated heterocycles. The molecule has 0 saturated carbocycles. The number of aromatic nitrogens is 2. The molecule has 0 unspecified atom stereocenters. The van der Waals surface area contributed by atoms with Crippen LogP contribution in [0, 0.1) is 11.8 Å². The fraction of sp³-hybridized carbons (Fsp3) is 0.423. The lowest BCUT2D eigenvalue weighted by molar-refractivity contribution is -0.135. The number of hydrogen-bond donors (Lipinski definition) is 1. The third-order valence-corrected chi connectivity index (χ3v) is 7.01. The van der Waals surface area contributed by atoms with Gasteiger partial charge in [-0.05, 0) is 12.0 Å². The van der Waals surface area contributed by atoms with E-state index in [4.69, 9.17) is 29.6 Å². The summed E-state index contributed by atoms with van der Waals surface area (Å²) in [5.41, 5.74) is 1.77. The molecule has 6 nitrogen and oxygen atoms in total. The van der Waals surface area contributed by atoms with E-state index in [1.54, 1.807) is 43.0 Å². The largest absolute Gasteiger partial charge is 0.673 e. The number of nitrogens with zero attached hydrogens (tertiary/aromatic N) is 2. The number of nitrogens with two attached hydrogens (primary N) is 1. The van der Waals surface area contributed by atoms with Crippen molar-refractivity contribution in [3.05, 3.63) is 63.7 Å². The minimum Gasteiger partial charge on any atom is -0.500 e. The Balaban J connectivity index is 0.00000139. The molecule has 0 radical (unpaired) electrons. The molecule has 13 heteroatoms. The highest BCUT2D eigenvalue weighted by molar-refractivity contribution is 7.14. The van der Waals surface area contributed by atoms with Crippen LogP contribution in [0.5, 0.6) is 0 Å². The molecule has 0 aliphatic carbocycles. The molecule has 0 aromatic carbocycles. The van der Waals surface area contributed by atoms with Crippen LogP contribution in [0.3, 0.4) is 0 Å². The van der Waals surface area contributed by atoms with Gasteiger partial charge in [0.25, 0.3) is 0 Å². The Morgan fingerprint density at radius 1 is 0.923 bits per heavy atom. The van der Waals surface area contributed by atoms with E-state index in [2.05, 4.69) is 50.5 Å². The van der Waals surface area contributed by atoms with Gasteiger partial charge in [0.2, 0.25) is 0 Å². The van der Waals surface area contributed by atoms with Crippen molar-refractivity contribution in [3.8, 4) is 10.7 Å². The van der Waals surface area contributed by atoms with Gasteiger partial charge in [-0.2, -0.15) is 0 Å². The molecule has 2 aromatic rings. The molecule has 2 N–H and O–H groups in total. The summed E-state index contributed by atoms with van der Waals surface area (Å²) in [4.78, 5) is 9.55. The number of hydrogen-bond acceptors (Lipinski definition) is 7. The Morgan fingerprint density at radius 3 is 2.13 bits per heavy atom. The molecular formula is C26H36BF4N3O3S2. The number of halogens is 4. The van der Waals surface area contributed by atoms with Gasteiger partial charge in [0.1, 0.15) is 16.5 Å². The monoisotopic (exact) mass is 589 g/mol. The van der Waals surface area contributed by atoms with Gasteiger partial charge in [-0.15, -0.1) is 22.7 Å². The smallest absolute Gasteiger partial charge is 0.500 e. The lowest BCUT2D eigenvalue weighted by atomic mass is 10.0. The van der Waals surface area contributed by atoms with Crippen LogP contribution in [0.1, 0.15) is 44.3 Å². The Hall–Kier alpha value is -2.77. The molecule has 216 valence electrons. The van der Waals surface area contributed by atoms with Crippen LogP contribution < -0.4 is 5.41 Å². The van der Waals surface area contributed by atoms with Gasteiger partial charge in [0.15, 0.2) is 0 Å². The summed E-state index contributed by atoms with van der Waals surface area (Å²) in [7, 11) is -1.21. The lowest BCUT2D eigenvalue weighted by Crippen LogP contribution is -2.40. The quantitative estimate of drug-likeness (QED) is 0.0771. The molecule has 0 aliphatic rings. The van der Waals surface area contributed by atoms with E-state index >= 15 is 0 Å². The third-order valence-electron chi connectivity index (χ3n) is 5.09. The van der Waals surface area contributed by atoms with Crippen molar-refractivity contribution in [1.82, 2.24) is 9.97 Å². The average molecular weight is 590 g/mol. The van der Waals surface area contributed by atoms with Gasteiger partial charge >= 0.3 is 13.2 Å². The van der Waals surface area contributed by atoms with E-state index in [9.17, 15) is 17.3 Å². The second kappa shape index (κ2) is 17.0. The summed E-state index contributed by atoms with van der Waals surface area (Å²) in [6, 6.07) is 0. The van der Waals surface area contributed by atoms with E-state index in [0.717, 1.165) is 21.4 Å². The van der Waals surface area contributed by atoms with Crippen molar-refractivity contribution in [1.29, 1.82) is 0 Å². The minimum absolute atomic E-state index is 0.0657. The predicted octanol–water partition coefficient (Wildman–Crippen LogP) is 6.44. The number of allylic oxidation sites excluding steroid dienone is 4. The highest BCUT2D eigenvalue weighted by Crippen LogP contribution is 2.30. The maximum atomic E-state index is 9.75. The fourth-order valence-electron chi connectivity index (χ4n) is 3.05. The van der Waals surface area contributed by atoms with Crippen LogP contribution in [-0.2, 0) is 14.2 Å². The normalized spacial score (nSPS) is 15.0. The molecular weight excluding hydrogens is 553 g/mol. The van der Waals surface area contributed by atoms with E-state index in [1.165, 1.54) is 7.11 Å². The first kappa shape index (κ1) is 34.3. The number of thiazole rings is 2. The molecule has 39 heavy (non-hydrogen) atoms. The van der Waals surface area contributed by atoms with E-state index in [-0.39, 0.29) is 23.8 Å². The third kappa shape index (κ3) is 13.7. The summed E-state index contributed by atoms with van der Waals surface area (Å²) in [6.07, 6.45) is 13.9. The van der Waals surface area contributed by atoms with Crippen LogP contribution in [-0.4, -0.2) is 50.6 Å². The molecule has 3 atom stereocenters. The van der Waals surface area contributed by atoms with Crippen molar-refractivity contribution in [3.63, 3.8) is 0 Å². The second-order valence-electron chi connectivity index (χ2n) is 8.65. The fourth-order valence-corrected chi connectivity index (χ4v) is 4.72. The van der Waals surface area contributed by atoms with E-state index in [0.29, 0.717) is 11.7 Å². The summed E-state index contributed by atoms with van der Waals surface area (Å²) in [5.74, 6) is 1.70. The first-order valence-corrected chi connectivity index (χ1v) is 13.8. The Bertz CT molecular complexity index is 1140. The van der Waals surface area contributed by atoms with Gasteiger partial charge in [-0.3, -0.25) is 0 Å². The SMILES string of the molecule is COC(=[NH2+])/C=C(/OC)[C@H](C)[C@H](/C=C/c1csc(-c2csc([C@@H](C)/C=C/C=C/C(C)C)n2)n1)OC.F[B-](F)(F)F. The van der Waals surface area contributed by atoms with Crippen molar-refractivity contribution in [2.24, 2.45) is 11.8 Å². The Labute approximate surface area is 235 Å². The highest BCUT2D eigenvalue weighted by atomic mass is 32.1. The van der Waals surface area contributed by atoms with Crippen molar-refractivity contribution < 1.29 is 36.9 Å². The molecule has 0 bridgehead atoms. The van der Waals surface area contributed by atoms with Gasteiger partial charge in [-0.25, -0.2) is 15.4 Å². The first-order chi connectivity index (χ1) is 18.3. The van der Waals surface area contributed by atoms with Crippen LogP contribution >= 0.6 is 22.7 Å². The summed E-state index contributed by atoms with van der Waals surface area (Å²) in [5, 5.41) is 11.8. The number of methoxy groups -OCH3 is 3. The van der Waals surface area contributed by atoms with Crippen LogP contribution in [0.4, 0.5) is 17.3 Å². The molecule has 0 amide bonds. The van der Waals surface area contributed by atoms with Gasteiger partial charge < -0.3 is 31.5 Å². The van der Waals surface area contributed by atoms with Gasteiger partial charge in [0.05, 0.1) is 37.1 Å². The topological polar surface area (TPSA) is 79.1 Å². The number of rotatable bonds is 12. The van der Waals surface area contributed by atoms with Crippen molar-refractivity contribution in [2.45, 2.75) is 39.7 Å². The molecule has 2 aromatic heterocycles. The molecule has 2 heterocycles. The zero-order valence-electron chi connectivity index (χ0n) is 23.1. The average Bonchev–Trinajstić information content (AvgIpc) is 3.54. The Morgan fingerprint density at radius 2 is 1.56 bits per heavy atom. The van der Waals surface area contributed by atoms with E-state index in [1.807, 2.05) is 24.5 Å². The molecule has 0 spiro atoms. The second-order valence-corrected chi connectivity index (χ2v) is 10.4. The zero-order valence-corrected chi connectivity index (χ0v) is 24.7. The van der Waals surface area contributed by atoms with Crippen molar-refractivity contribution in [2.75, 3.05) is 21.3 Å². The first-order valence-electron chi connectivity index (χ1n) is 12.1. The van der Waals surface area contributed by atoms with Crippen LogP contribution in [0.15, 0.2) is 53.0 Å². The van der Waals surface area contributed by atoms with Crippen LogP contribution in [0.25, 0.3) is 16.8 Å². The summed E-state index contributed by atoms with van der Waals surface area (Å²) < 4.78 is 55.2. The Kier molecular flexibility index (Phi) is 15.0. The zero-order chi connectivity index (χ0) is 29.6. The maximum absolute atomic E-state index is 9.75. The summed E-state index contributed by atoms with van der Waals surface area (Å²) in [6.45, 7) is 8.50. The summed E-state index contributed by atoms with van der Waals surface area (Å²) >= 11 is 3.25. The van der Waals surface area contributed by atoms with Gasteiger partial charge in [0, 0.05) is 29.7 Å². The maximum Gasteiger partial charge on any atom is 0.673 e. The number of ether oxygens (including phenoxy) is 3. The standard InChI is InChI=1S/C26H35N3O3S2.BF4/c1-17(2)10-8-9-11-18(3)25-29-21(16-34-25)26-28-20(15-33-26)12-13-22(30-5)19(4)23(31-6)14-24(27)32-7;2-1(3,4)5/h8-19,22,27H,1-7H3;/q;-1/p+1/b10-8+,11-9+,13-12+,23-14+,27-24?;/t18-,19+,22-;/m0./s1. The molecule has 0 aliphatic heterocycles. The predicted molar refractivity (Wildman–Crippen MR) is 153 cm³/mol. The van der Waals surface area contributed by atoms with Crippen LogP contribution in [0.2, 0.25) is 0 Å². The van der Waals surface area contributed by atoms with E-state index < -0.39 is 7.25 Å². The molecule has 2 rings (SSSR count). The minimum atomic E-state index is -6.00. The molecule has 0 fully saturated rings. The van der Waals surface area contributed by atoms with Crippen molar-refractivity contribution >= 4 is 41.9 Å². The highest BCUT2D eigenvalue weighted by Gasteiger charge is 2.21. The van der Waals surface area contributed by atoms with Gasteiger partial charge in [-0.1, -0.05) is 58.1 Å². The lowest BCUT2D eigenvalue weighted by Gasteiger charge is -2.21.